The third-order valence-corrected chi connectivity index (χ3v) is 4.33. The molecule has 25 heavy (non-hydrogen) atoms. The Morgan fingerprint density at radius 2 is 1.92 bits per heavy atom. The van der Waals surface area contributed by atoms with Crippen molar-refractivity contribution in [2.75, 3.05) is 19.6 Å². The Morgan fingerprint density at radius 3 is 2.64 bits per heavy atom. The third-order valence-electron chi connectivity index (χ3n) is 4.33. The molecule has 4 nitrogen and oxygen atoms in total. The quantitative estimate of drug-likeness (QED) is 0.191. The highest BCUT2D eigenvalue weighted by Crippen LogP contribution is 2.14. The summed E-state index contributed by atoms with van der Waals surface area (Å²) in [6.07, 6.45) is 12.5. The lowest BCUT2D eigenvalue weighted by Gasteiger charge is -2.15. The summed E-state index contributed by atoms with van der Waals surface area (Å²) >= 11 is 0. The van der Waals surface area contributed by atoms with Gasteiger partial charge in [0.2, 0.25) is 0 Å². The van der Waals surface area contributed by atoms with E-state index in [-0.39, 0.29) is 0 Å². The molecule has 0 aliphatic heterocycles. The summed E-state index contributed by atoms with van der Waals surface area (Å²) < 4.78 is 0. The highest BCUT2D eigenvalue weighted by atomic mass is 14.9. The lowest BCUT2D eigenvalue weighted by Crippen LogP contribution is -2.24. The summed E-state index contributed by atoms with van der Waals surface area (Å²) in [5, 5.41) is 14.5. The molecule has 5 N–H and O–H groups in total. The molecule has 1 unspecified atom stereocenters. The summed E-state index contributed by atoms with van der Waals surface area (Å²) in [6.45, 7) is 5.24. The molecule has 1 aromatic rings. The van der Waals surface area contributed by atoms with E-state index in [1.165, 1.54) is 31.0 Å². The van der Waals surface area contributed by atoms with E-state index >= 15 is 0 Å². The first-order valence-corrected chi connectivity index (χ1v) is 9.38. The Bertz CT molecular complexity index is 508. The Labute approximate surface area is 153 Å². The number of allylic oxidation sites excluding steroid dienone is 2. The Hall–Kier alpha value is -2.07. The predicted octanol–water partition coefficient (Wildman–Crippen LogP) is 3.61. The van der Waals surface area contributed by atoms with Crippen LogP contribution in [0.5, 0.6) is 0 Å². The van der Waals surface area contributed by atoms with Gasteiger partial charge in [-0.3, -0.25) is 5.41 Å². The molecular formula is C21H34N4. The first-order chi connectivity index (χ1) is 12.3. The number of benzene rings is 1. The van der Waals surface area contributed by atoms with Crippen molar-refractivity contribution in [3.05, 3.63) is 60.3 Å². The number of hydrogen-bond acceptors (Lipinski definition) is 3. The maximum absolute atomic E-state index is 7.77. The largest absolute Gasteiger partial charge is 0.405 e. The highest BCUT2D eigenvalue weighted by molar-refractivity contribution is 5.90. The Morgan fingerprint density at radius 1 is 1.12 bits per heavy atom. The van der Waals surface area contributed by atoms with Crippen LogP contribution < -0.4 is 16.4 Å². The molecule has 0 aliphatic rings. The normalized spacial score (nSPS) is 12.7. The molecule has 0 amide bonds. The van der Waals surface area contributed by atoms with Crippen LogP contribution in [0.2, 0.25) is 0 Å². The van der Waals surface area contributed by atoms with E-state index in [1.54, 1.807) is 18.2 Å². The van der Waals surface area contributed by atoms with E-state index in [2.05, 4.69) is 47.9 Å². The van der Waals surface area contributed by atoms with E-state index in [0.29, 0.717) is 5.84 Å². The van der Waals surface area contributed by atoms with Crippen LogP contribution in [0.15, 0.2) is 54.8 Å². The Kier molecular flexibility index (Phi) is 12.0. The van der Waals surface area contributed by atoms with Gasteiger partial charge in [-0.25, -0.2) is 0 Å². The van der Waals surface area contributed by atoms with Crippen LogP contribution in [0.3, 0.4) is 0 Å². The molecule has 4 heteroatoms. The van der Waals surface area contributed by atoms with E-state index in [1.807, 2.05) is 0 Å². The van der Waals surface area contributed by atoms with Crippen molar-refractivity contribution in [3.8, 4) is 0 Å². The van der Waals surface area contributed by atoms with Crippen molar-refractivity contribution in [2.45, 2.75) is 39.0 Å². The van der Waals surface area contributed by atoms with Gasteiger partial charge in [-0.15, -0.1) is 0 Å². The molecule has 1 aromatic carbocycles. The number of rotatable bonds is 13. The zero-order valence-electron chi connectivity index (χ0n) is 15.5. The fraction of sp³-hybridized carbons (Fsp3) is 0.476. The standard InChI is InChI=1S/C21H34N4/c1-2-19(14-18-25-21(23)12-6-7-15-22)11-8-16-24-17-13-20-9-4-3-5-10-20/h3-7,9-10,12,15,19,24H,2,8,11,13-14,16-18,22H2,1H3,(H2,23,25)/b12-6+,15-7+. The van der Waals surface area contributed by atoms with Gasteiger partial charge in [-0.1, -0.05) is 49.8 Å². The summed E-state index contributed by atoms with van der Waals surface area (Å²) in [5.74, 6) is 1.17. The average Bonchev–Trinajstić information content (AvgIpc) is 2.64. The monoisotopic (exact) mass is 342 g/mol. The van der Waals surface area contributed by atoms with Gasteiger partial charge in [0.1, 0.15) is 5.84 Å². The van der Waals surface area contributed by atoms with E-state index < -0.39 is 0 Å². The summed E-state index contributed by atoms with van der Waals surface area (Å²) in [5.41, 5.74) is 6.65. The van der Waals surface area contributed by atoms with Crippen LogP contribution in [0.25, 0.3) is 0 Å². The van der Waals surface area contributed by atoms with Gasteiger partial charge in [0.25, 0.3) is 0 Å². The molecule has 0 aliphatic carbocycles. The third kappa shape index (κ3) is 11.2. The predicted molar refractivity (Wildman–Crippen MR) is 109 cm³/mol. The fourth-order valence-corrected chi connectivity index (χ4v) is 2.76. The van der Waals surface area contributed by atoms with Crippen LogP contribution in [-0.4, -0.2) is 25.5 Å². The van der Waals surface area contributed by atoms with Crippen molar-refractivity contribution in [1.29, 1.82) is 5.41 Å². The van der Waals surface area contributed by atoms with E-state index in [9.17, 15) is 0 Å². The van der Waals surface area contributed by atoms with Gasteiger partial charge in [-0.2, -0.15) is 0 Å². The molecule has 0 saturated carbocycles. The second-order valence-corrected chi connectivity index (χ2v) is 6.28. The zero-order valence-corrected chi connectivity index (χ0v) is 15.5. The van der Waals surface area contributed by atoms with Crippen LogP contribution in [0.1, 0.15) is 38.2 Å². The second-order valence-electron chi connectivity index (χ2n) is 6.28. The smallest absolute Gasteiger partial charge is 0.117 e. The van der Waals surface area contributed by atoms with E-state index in [4.69, 9.17) is 11.1 Å². The van der Waals surface area contributed by atoms with Crippen molar-refractivity contribution in [1.82, 2.24) is 10.6 Å². The molecule has 0 bridgehead atoms. The molecule has 1 atom stereocenters. The number of nitrogens with two attached hydrogens (primary N) is 1. The molecule has 0 saturated heterocycles. The first kappa shape index (κ1) is 21.0. The van der Waals surface area contributed by atoms with Crippen LogP contribution in [-0.2, 0) is 6.42 Å². The van der Waals surface area contributed by atoms with Gasteiger partial charge in [0.15, 0.2) is 0 Å². The molecule has 0 aromatic heterocycles. The lowest BCUT2D eigenvalue weighted by atomic mass is 9.96. The van der Waals surface area contributed by atoms with Crippen molar-refractivity contribution >= 4 is 5.84 Å². The minimum Gasteiger partial charge on any atom is -0.405 e. The highest BCUT2D eigenvalue weighted by Gasteiger charge is 2.06. The molecule has 138 valence electrons. The van der Waals surface area contributed by atoms with Gasteiger partial charge >= 0.3 is 0 Å². The molecule has 0 fully saturated rings. The second kappa shape index (κ2) is 14.3. The molecule has 0 heterocycles. The minimum absolute atomic E-state index is 0.440. The molecular weight excluding hydrogens is 308 g/mol. The number of nitrogens with one attached hydrogen (secondary N) is 3. The lowest BCUT2D eigenvalue weighted by molar-refractivity contribution is 0.417. The van der Waals surface area contributed by atoms with Crippen molar-refractivity contribution in [3.63, 3.8) is 0 Å². The number of hydrogen-bond donors (Lipinski definition) is 4. The van der Waals surface area contributed by atoms with Gasteiger partial charge in [-0.05, 0) is 68.6 Å². The minimum atomic E-state index is 0.440. The fourth-order valence-electron chi connectivity index (χ4n) is 2.76. The Balaban J connectivity index is 2.04. The van der Waals surface area contributed by atoms with Crippen molar-refractivity contribution in [2.24, 2.45) is 11.7 Å². The van der Waals surface area contributed by atoms with Crippen molar-refractivity contribution < 1.29 is 0 Å². The maximum Gasteiger partial charge on any atom is 0.117 e. The molecule has 1 rings (SSSR count). The number of amidine groups is 1. The van der Waals surface area contributed by atoms with Crippen LogP contribution in [0, 0.1) is 11.3 Å². The van der Waals surface area contributed by atoms with E-state index in [0.717, 1.165) is 38.4 Å². The summed E-state index contributed by atoms with van der Waals surface area (Å²) in [4.78, 5) is 0. The topological polar surface area (TPSA) is 73.9 Å². The van der Waals surface area contributed by atoms with Gasteiger partial charge < -0.3 is 16.4 Å². The zero-order chi connectivity index (χ0) is 18.2. The van der Waals surface area contributed by atoms with Gasteiger partial charge in [0.05, 0.1) is 0 Å². The maximum atomic E-state index is 7.77. The molecule has 0 spiro atoms. The SMILES string of the molecule is CCC(CCCNCCc1ccccc1)CCNC(=N)/C=C/C=C/N. The summed E-state index contributed by atoms with van der Waals surface area (Å²) in [6, 6.07) is 10.6. The van der Waals surface area contributed by atoms with Crippen LogP contribution >= 0.6 is 0 Å². The van der Waals surface area contributed by atoms with Gasteiger partial charge in [0, 0.05) is 6.54 Å². The summed E-state index contributed by atoms with van der Waals surface area (Å²) in [7, 11) is 0. The van der Waals surface area contributed by atoms with Crippen LogP contribution in [0.4, 0.5) is 0 Å². The average molecular weight is 343 g/mol. The molecule has 0 radical (unpaired) electrons. The first-order valence-electron chi connectivity index (χ1n) is 9.38.